The van der Waals surface area contributed by atoms with Crippen LogP contribution in [0.15, 0.2) is 65.7 Å². The maximum absolute atomic E-state index is 13.2. The fourth-order valence-corrected chi connectivity index (χ4v) is 6.60. The van der Waals surface area contributed by atoms with Crippen LogP contribution >= 0.6 is 0 Å². The number of hydrogen-bond donors (Lipinski definition) is 2. The normalized spacial score (nSPS) is 18.9. The van der Waals surface area contributed by atoms with Crippen LogP contribution in [0.4, 0.5) is 5.82 Å². The Hall–Kier alpha value is -4.22. The van der Waals surface area contributed by atoms with Gasteiger partial charge in [0.1, 0.15) is 5.82 Å². The number of carbonyl (C=O) groups is 2. The summed E-state index contributed by atoms with van der Waals surface area (Å²) < 4.78 is 24.1. The molecule has 2 aliphatic heterocycles. The molecular weight excluding hydrogens is 540 g/mol. The van der Waals surface area contributed by atoms with Gasteiger partial charge in [0.2, 0.25) is 5.91 Å². The summed E-state index contributed by atoms with van der Waals surface area (Å²) in [6.45, 7) is 4.08. The van der Waals surface area contributed by atoms with E-state index in [1.54, 1.807) is 36.2 Å². The van der Waals surface area contributed by atoms with E-state index in [4.69, 9.17) is 9.97 Å². The molecule has 210 valence electrons. The van der Waals surface area contributed by atoms with E-state index in [1.165, 1.54) is 6.07 Å². The van der Waals surface area contributed by atoms with Crippen LogP contribution in [0.5, 0.6) is 0 Å². The van der Waals surface area contributed by atoms with Crippen molar-refractivity contribution >= 4 is 38.4 Å². The molecule has 0 saturated carbocycles. The van der Waals surface area contributed by atoms with Crippen LogP contribution in [0.1, 0.15) is 34.5 Å². The highest BCUT2D eigenvalue weighted by atomic mass is 32.2. The number of nitrogens with one attached hydrogen (secondary N) is 2. The molecule has 3 aromatic heterocycles. The quantitative estimate of drug-likeness (QED) is 0.361. The number of pyridine rings is 3. The number of nitrogens with zero attached hydrogens (tertiary/aromatic N) is 4. The third-order valence-corrected chi connectivity index (χ3v) is 9.18. The molecule has 2 fully saturated rings. The zero-order valence-corrected chi connectivity index (χ0v) is 23.7. The summed E-state index contributed by atoms with van der Waals surface area (Å²) in [5.74, 6) is 0.368. The zero-order chi connectivity index (χ0) is 28.8. The van der Waals surface area contributed by atoms with Gasteiger partial charge in [0, 0.05) is 36.5 Å². The van der Waals surface area contributed by atoms with E-state index in [1.807, 2.05) is 30.3 Å². The number of hydrogen-bond acceptors (Lipinski definition) is 8. The summed E-state index contributed by atoms with van der Waals surface area (Å²) in [6, 6.07) is 15.8. The van der Waals surface area contributed by atoms with Gasteiger partial charge < -0.3 is 10.6 Å². The molecule has 41 heavy (non-hydrogen) atoms. The van der Waals surface area contributed by atoms with Crippen LogP contribution in [0, 0.1) is 12.3 Å². The second-order valence-corrected chi connectivity index (χ2v) is 12.8. The van der Waals surface area contributed by atoms with Crippen LogP contribution in [-0.4, -0.2) is 61.1 Å². The van der Waals surface area contributed by atoms with Gasteiger partial charge in [-0.1, -0.05) is 12.1 Å². The van der Waals surface area contributed by atoms with Gasteiger partial charge in [-0.3, -0.25) is 19.5 Å². The molecule has 1 aromatic carbocycles. The lowest BCUT2D eigenvalue weighted by Crippen LogP contribution is -2.36. The van der Waals surface area contributed by atoms with Gasteiger partial charge in [0.25, 0.3) is 5.91 Å². The number of rotatable bonds is 6. The van der Waals surface area contributed by atoms with E-state index in [9.17, 15) is 18.0 Å². The molecule has 2 amide bonds. The van der Waals surface area contributed by atoms with Gasteiger partial charge in [0.05, 0.1) is 39.5 Å². The second-order valence-electron chi connectivity index (χ2n) is 10.8. The van der Waals surface area contributed by atoms with Gasteiger partial charge in [0.15, 0.2) is 9.84 Å². The summed E-state index contributed by atoms with van der Waals surface area (Å²) in [5, 5.41) is 6.97. The molecular formula is C30H30N6O4S. The molecule has 0 aliphatic carbocycles. The number of sulfone groups is 1. The highest BCUT2D eigenvalue weighted by molar-refractivity contribution is 7.90. The highest BCUT2D eigenvalue weighted by Gasteiger charge is 2.49. The van der Waals surface area contributed by atoms with E-state index in [0.717, 1.165) is 37.6 Å². The molecule has 6 rings (SSSR count). The van der Waals surface area contributed by atoms with E-state index in [2.05, 4.69) is 15.6 Å². The minimum Gasteiger partial charge on any atom is -0.346 e. The van der Waals surface area contributed by atoms with Gasteiger partial charge in [-0.2, -0.15) is 0 Å². The number of aryl methyl sites for hydroxylation is 1. The van der Waals surface area contributed by atoms with Crippen molar-refractivity contribution in [1.29, 1.82) is 0 Å². The Balaban J connectivity index is 1.20. The Labute approximate surface area is 238 Å². The first kappa shape index (κ1) is 27.0. The third kappa shape index (κ3) is 5.18. The van der Waals surface area contributed by atoms with E-state index >= 15 is 0 Å². The Morgan fingerprint density at radius 3 is 2.68 bits per heavy atom. The number of fused-ring (bicyclic) bond motifs is 1. The van der Waals surface area contributed by atoms with E-state index < -0.39 is 15.7 Å². The largest absolute Gasteiger partial charge is 0.346 e. The maximum Gasteiger partial charge on any atom is 0.251 e. The lowest BCUT2D eigenvalue weighted by molar-refractivity contribution is -0.124. The van der Waals surface area contributed by atoms with Crippen molar-refractivity contribution in [1.82, 2.24) is 25.6 Å². The van der Waals surface area contributed by atoms with Crippen molar-refractivity contribution in [3.05, 3.63) is 77.6 Å². The van der Waals surface area contributed by atoms with Crippen molar-refractivity contribution < 1.29 is 18.0 Å². The summed E-state index contributed by atoms with van der Waals surface area (Å²) in [4.78, 5) is 42.0. The molecule has 5 heterocycles. The molecule has 1 spiro atoms. The lowest BCUT2D eigenvalue weighted by atomic mass is 9.86. The number of aromatic nitrogens is 3. The number of amides is 2. The average Bonchev–Trinajstić information content (AvgIpc) is 3.58. The number of benzene rings is 1. The molecule has 10 nitrogen and oxygen atoms in total. The molecule has 2 N–H and O–H groups in total. The molecule has 2 aliphatic rings. The first-order valence-corrected chi connectivity index (χ1v) is 15.4. The molecule has 4 aromatic rings. The average molecular weight is 571 g/mol. The lowest BCUT2D eigenvalue weighted by Gasteiger charge is -2.21. The molecule has 0 bridgehead atoms. The predicted octanol–water partition coefficient (Wildman–Crippen LogP) is 3.05. The van der Waals surface area contributed by atoms with Crippen molar-refractivity contribution in [3.8, 4) is 11.4 Å². The van der Waals surface area contributed by atoms with Crippen molar-refractivity contribution in [2.45, 2.75) is 31.2 Å². The number of anilines is 1. The Kier molecular flexibility index (Phi) is 6.79. The Bertz CT molecular complexity index is 1800. The Morgan fingerprint density at radius 2 is 1.90 bits per heavy atom. The predicted molar refractivity (Wildman–Crippen MR) is 155 cm³/mol. The fourth-order valence-electron chi connectivity index (χ4n) is 5.61. The SMILES string of the molecule is Cc1ccc(C(=O)NCc2cc3nc(-c4cccc(N5CCC6(CCNC6)C5=O)n4)ccc3cn2)cc1S(C)(=O)=O. The third-order valence-electron chi connectivity index (χ3n) is 7.94. The van der Waals surface area contributed by atoms with Crippen molar-refractivity contribution in [2.75, 3.05) is 30.8 Å². The minimum absolute atomic E-state index is 0.132. The Morgan fingerprint density at radius 1 is 1.07 bits per heavy atom. The first-order chi connectivity index (χ1) is 19.6. The van der Waals surface area contributed by atoms with Gasteiger partial charge in [-0.05, 0) is 74.3 Å². The maximum atomic E-state index is 13.2. The molecule has 1 atom stereocenters. The van der Waals surface area contributed by atoms with Crippen molar-refractivity contribution in [2.24, 2.45) is 5.41 Å². The molecule has 1 unspecified atom stereocenters. The zero-order valence-electron chi connectivity index (χ0n) is 22.8. The van der Waals surface area contributed by atoms with Crippen LogP contribution in [0.25, 0.3) is 22.3 Å². The van der Waals surface area contributed by atoms with Crippen LogP contribution in [-0.2, 0) is 21.2 Å². The second kappa shape index (κ2) is 10.3. The summed E-state index contributed by atoms with van der Waals surface area (Å²) in [7, 11) is -3.45. The standard InChI is InChI=1S/C30H30N6O4S/c1-19-6-7-20(14-26(19)41(2,39)40)28(37)33-17-22-15-25-21(16-32-22)8-9-24(34-25)23-4-3-5-27(35-23)36-13-11-30(29(36)38)10-12-31-18-30/h3-9,14-16,31H,10-13,17-18H2,1-2H3,(H,33,37). The topological polar surface area (TPSA) is 134 Å². The van der Waals surface area contributed by atoms with Crippen LogP contribution in [0.2, 0.25) is 0 Å². The van der Waals surface area contributed by atoms with Gasteiger partial charge >= 0.3 is 0 Å². The molecule has 2 saturated heterocycles. The molecule has 0 radical (unpaired) electrons. The highest BCUT2D eigenvalue weighted by Crippen LogP contribution is 2.39. The number of carbonyl (C=O) groups excluding carboxylic acids is 2. The first-order valence-electron chi connectivity index (χ1n) is 13.5. The van der Waals surface area contributed by atoms with Crippen molar-refractivity contribution in [3.63, 3.8) is 0 Å². The fraction of sp³-hybridized carbons (Fsp3) is 0.300. The monoisotopic (exact) mass is 570 g/mol. The van der Waals surface area contributed by atoms with Crippen LogP contribution < -0.4 is 15.5 Å². The summed E-state index contributed by atoms with van der Waals surface area (Å²) >= 11 is 0. The van der Waals surface area contributed by atoms with E-state index in [0.29, 0.717) is 40.5 Å². The van der Waals surface area contributed by atoms with Gasteiger partial charge in [-0.25, -0.2) is 18.4 Å². The minimum atomic E-state index is -3.45. The van der Waals surface area contributed by atoms with Gasteiger partial charge in [-0.15, -0.1) is 0 Å². The van der Waals surface area contributed by atoms with E-state index in [-0.39, 0.29) is 28.3 Å². The smallest absolute Gasteiger partial charge is 0.251 e. The molecule has 11 heteroatoms. The summed E-state index contributed by atoms with van der Waals surface area (Å²) in [6.07, 6.45) is 4.51. The van der Waals surface area contributed by atoms with Crippen LogP contribution in [0.3, 0.4) is 0 Å². The summed E-state index contributed by atoms with van der Waals surface area (Å²) in [5.41, 5.74) is 3.15.